The lowest BCUT2D eigenvalue weighted by Crippen LogP contribution is -2.45. The van der Waals surface area contributed by atoms with Crippen LogP contribution in [0.2, 0.25) is 0 Å². The quantitative estimate of drug-likeness (QED) is 0.287. The van der Waals surface area contributed by atoms with Crippen molar-refractivity contribution in [1.82, 2.24) is 10.6 Å². The van der Waals surface area contributed by atoms with Crippen molar-refractivity contribution in [2.45, 2.75) is 19.6 Å². The Labute approximate surface area is 208 Å². The fourth-order valence-corrected chi connectivity index (χ4v) is 3.97. The summed E-state index contributed by atoms with van der Waals surface area (Å²) >= 11 is 5.33. The zero-order valence-electron chi connectivity index (χ0n) is 19.2. The lowest BCUT2D eigenvalue weighted by atomic mass is 9.95. The van der Waals surface area contributed by atoms with E-state index in [0.717, 1.165) is 5.56 Å². The Morgan fingerprint density at radius 2 is 1.60 bits per heavy atom. The highest BCUT2D eigenvalue weighted by Crippen LogP contribution is 2.35. The molecule has 0 spiro atoms. The van der Waals surface area contributed by atoms with Gasteiger partial charge in [-0.05, 0) is 54.5 Å². The molecule has 1 aliphatic heterocycles. The Hall–Kier alpha value is -4.17. The molecule has 1 aliphatic rings. The molecule has 2 N–H and O–H groups in total. The van der Waals surface area contributed by atoms with Gasteiger partial charge in [0.05, 0.1) is 24.3 Å². The number of hydrogen-bond acceptors (Lipinski definition) is 6. The molecule has 0 radical (unpaired) electrons. The van der Waals surface area contributed by atoms with E-state index in [1.165, 1.54) is 7.11 Å². The highest BCUT2D eigenvalue weighted by atomic mass is 32.1. The summed E-state index contributed by atoms with van der Waals surface area (Å²) in [6.45, 7) is 1.91. The highest BCUT2D eigenvalue weighted by molar-refractivity contribution is 7.80. The van der Waals surface area contributed by atoms with Crippen LogP contribution in [0, 0.1) is 0 Å². The van der Waals surface area contributed by atoms with Gasteiger partial charge in [-0.15, -0.1) is 0 Å². The van der Waals surface area contributed by atoms with E-state index in [1.54, 1.807) is 49.4 Å². The van der Waals surface area contributed by atoms with Gasteiger partial charge in [0.25, 0.3) is 0 Å². The fraction of sp³-hybridized carbons (Fsp3) is 0.148. The molecule has 0 fully saturated rings. The third-order valence-corrected chi connectivity index (χ3v) is 5.65. The zero-order valence-corrected chi connectivity index (χ0v) is 20.1. The van der Waals surface area contributed by atoms with E-state index in [9.17, 15) is 9.59 Å². The topological polar surface area (TPSA) is 85.9 Å². The zero-order chi connectivity index (χ0) is 24.8. The van der Waals surface area contributed by atoms with Gasteiger partial charge >= 0.3 is 11.9 Å². The molecule has 3 aromatic carbocycles. The van der Waals surface area contributed by atoms with Crippen LogP contribution in [0.25, 0.3) is 0 Å². The molecule has 178 valence electrons. The number of thiocarbonyl (C=S) groups is 1. The maximum absolute atomic E-state index is 13.1. The normalized spacial score (nSPS) is 15.0. The fourth-order valence-electron chi connectivity index (χ4n) is 3.70. The van der Waals surface area contributed by atoms with Crippen LogP contribution in [0.3, 0.4) is 0 Å². The van der Waals surface area contributed by atoms with Crippen LogP contribution in [0.15, 0.2) is 90.1 Å². The van der Waals surface area contributed by atoms with Gasteiger partial charge in [0.1, 0.15) is 6.61 Å². The molecule has 0 bridgehead atoms. The van der Waals surface area contributed by atoms with Crippen LogP contribution < -0.4 is 20.1 Å². The van der Waals surface area contributed by atoms with Crippen molar-refractivity contribution in [1.29, 1.82) is 0 Å². The molecule has 3 aromatic rings. The van der Waals surface area contributed by atoms with Gasteiger partial charge in [0.2, 0.25) is 0 Å². The van der Waals surface area contributed by atoms with E-state index < -0.39 is 18.0 Å². The summed E-state index contributed by atoms with van der Waals surface area (Å²) in [6, 6.07) is 22.6. The van der Waals surface area contributed by atoms with E-state index >= 15 is 0 Å². The van der Waals surface area contributed by atoms with Crippen LogP contribution in [0.1, 0.15) is 34.5 Å². The summed E-state index contributed by atoms with van der Waals surface area (Å²) in [5.74, 6) is -0.376. The summed E-state index contributed by atoms with van der Waals surface area (Å²) in [4.78, 5) is 25.6. The largest absolute Gasteiger partial charge is 0.493 e. The maximum Gasteiger partial charge on any atom is 0.343 e. The lowest BCUT2D eigenvalue weighted by molar-refractivity contribution is -0.140. The number of esters is 2. The average molecular weight is 489 g/mol. The first-order valence-corrected chi connectivity index (χ1v) is 11.3. The van der Waals surface area contributed by atoms with Crippen LogP contribution in [-0.4, -0.2) is 24.2 Å². The SMILES string of the molecule is COc1cc([C@H]2NC(=S)NC(C)=C2C(=O)OCc2ccccc2)ccc1OC(=O)c1ccccc1. The molecular formula is C27H24N2O5S. The summed E-state index contributed by atoms with van der Waals surface area (Å²) in [6.07, 6.45) is 0. The number of carbonyl (C=O) groups is 2. The molecule has 0 aliphatic carbocycles. The number of carbonyl (C=O) groups excluding carboxylic acids is 2. The number of benzene rings is 3. The second-order valence-electron chi connectivity index (χ2n) is 7.80. The molecule has 1 atom stereocenters. The Balaban J connectivity index is 1.58. The molecule has 7 nitrogen and oxygen atoms in total. The molecule has 0 aromatic heterocycles. The average Bonchev–Trinajstić information content (AvgIpc) is 2.88. The number of ether oxygens (including phenoxy) is 3. The smallest absolute Gasteiger partial charge is 0.343 e. The number of hydrogen-bond donors (Lipinski definition) is 2. The number of nitrogens with one attached hydrogen (secondary N) is 2. The van der Waals surface area contributed by atoms with E-state index in [1.807, 2.05) is 36.4 Å². The predicted molar refractivity (Wildman–Crippen MR) is 135 cm³/mol. The molecule has 0 unspecified atom stereocenters. The van der Waals surface area contributed by atoms with Crippen LogP contribution in [-0.2, 0) is 16.1 Å². The van der Waals surface area contributed by atoms with Crippen molar-refractivity contribution in [2.75, 3.05) is 7.11 Å². The minimum atomic E-state index is -0.584. The Morgan fingerprint density at radius 1 is 0.914 bits per heavy atom. The molecule has 0 amide bonds. The number of allylic oxidation sites excluding steroid dienone is 1. The number of methoxy groups -OCH3 is 1. The van der Waals surface area contributed by atoms with Crippen molar-refractivity contribution < 1.29 is 23.8 Å². The van der Waals surface area contributed by atoms with E-state index in [0.29, 0.717) is 33.3 Å². The van der Waals surface area contributed by atoms with Gasteiger partial charge < -0.3 is 24.8 Å². The van der Waals surface area contributed by atoms with Crippen LogP contribution in [0.4, 0.5) is 0 Å². The van der Waals surface area contributed by atoms with Gasteiger partial charge in [-0.25, -0.2) is 9.59 Å². The van der Waals surface area contributed by atoms with Crippen LogP contribution in [0.5, 0.6) is 11.5 Å². The summed E-state index contributed by atoms with van der Waals surface area (Å²) < 4.78 is 16.6. The molecule has 0 saturated heterocycles. The Kier molecular flexibility index (Phi) is 7.42. The van der Waals surface area contributed by atoms with Gasteiger partial charge in [-0.3, -0.25) is 0 Å². The van der Waals surface area contributed by atoms with Crippen molar-refractivity contribution in [3.63, 3.8) is 0 Å². The monoisotopic (exact) mass is 488 g/mol. The summed E-state index contributed by atoms with van der Waals surface area (Å²) in [5, 5.41) is 6.50. The molecule has 35 heavy (non-hydrogen) atoms. The molecule has 1 heterocycles. The van der Waals surface area contributed by atoms with Gasteiger partial charge in [-0.1, -0.05) is 54.6 Å². The predicted octanol–water partition coefficient (Wildman–Crippen LogP) is 4.45. The van der Waals surface area contributed by atoms with E-state index in [-0.39, 0.29) is 12.4 Å². The highest BCUT2D eigenvalue weighted by Gasteiger charge is 2.31. The first-order chi connectivity index (χ1) is 17.0. The third-order valence-electron chi connectivity index (χ3n) is 5.43. The first-order valence-electron chi connectivity index (χ1n) is 10.9. The van der Waals surface area contributed by atoms with E-state index in [4.69, 9.17) is 26.4 Å². The molecule has 4 rings (SSSR count). The van der Waals surface area contributed by atoms with E-state index in [2.05, 4.69) is 10.6 Å². The van der Waals surface area contributed by atoms with Crippen molar-refractivity contribution in [2.24, 2.45) is 0 Å². The van der Waals surface area contributed by atoms with Gasteiger partial charge in [0, 0.05) is 5.70 Å². The van der Waals surface area contributed by atoms with Crippen LogP contribution >= 0.6 is 12.2 Å². The number of rotatable bonds is 7. The second-order valence-corrected chi connectivity index (χ2v) is 8.21. The third kappa shape index (κ3) is 5.67. The molecule has 8 heteroatoms. The Morgan fingerprint density at radius 3 is 2.29 bits per heavy atom. The summed E-state index contributed by atoms with van der Waals surface area (Å²) in [7, 11) is 1.48. The van der Waals surface area contributed by atoms with Crippen molar-refractivity contribution in [3.05, 3.63) is 107 Å². The first kappa shape index (κ1) is 24.0. The standard InChI is InChI=1S/C27H24N2O5S/c1-17-23(26(31)33-16-18-9-5-3-6-10-18)24(29-27(35)28-17)20-13-14-21(22(15-20)32-2)34-25(30)19-11-7-4-8-12-19/h3-15,24H,16H2,1-2H3,(H2,28,29,35)/t24-/m1/s1. The second kappa shape index (κ2) is 10.8. The molecule has 0 saturated carbocycles. The summed E-state index contributed by atoms with van der Waals surface area (Å²) in [5.41, 5.74) is 2.98. The minimum absolute atomic E-state index is 0.144. The van der Waals surface area contributed by atoms with Gasteiger partial charge in [-0.2, -0.15) is 0 Å². The lowest BCUT2D eigenvalue weighted by Gasteiger charge is -2.30. The maximum atomic E-state index is 13.1. The molecular weight excluding hydrogens is 464 g/mol. The van der Waals surface area contributed by atoms with Crippen molar-refractivity contribution in [3.8, 4) is 11.5 Å². The Bertz CT molecular complexity index is 1280. The van der Waals surface area contributed by atoms with Crippen molar-refractivity contribution >= 4 is 29.3 Å². The van der Waals surface area contributed by atoms with Gasteiger partial charge in [0.15, 0.2) is 16.6 Å². The minimum Gasteiger partial charge on any atom is -0.493 e.